The fourth-order valence-corrected chi connectivity index (χ4v) is 4.89. The lowest BCUT2D eigenvalue weighted by molar-refractivity contribution is -0.126. The first-order chi connectivity index (χ1) is 16.4. The molecule has 0 spiro atoms. The number of anilines is 2. The molecule has 3 aromatic rings. The fraction of sp³-hybridized carbons (Fsp3) is 0.200. The van der Waals surface area contributed by atoms with Crippen LogP contribution in [0, 0.1) is 11.7 Å². The first-order valence-corrected chi connectivity index (χ1v) is 11.5. The molecule has 0 unspecified atom stereocenters. The van der Waals surface area contributed by atoms with E-state index >= 15 is 0 Å². The van der Waals surface area contributed by atoms with Crippen molar-refractivity contribution in [3.63, 3.8) is 0 Å². The minimum atomic E-state index is -1.06. The maximum absolute atomic E-state index is 13.6. The number of carbonyl (C=O) groups excluding carboxylic acids is 2. The van der Waals surface area contributed by atoms with Gasteiger partial charge in [-0.15, -0.1) is 0 Å². The number of para-hydroxylation sites is 1. The first kappa shape index (κ1) is 22.4. The Labute approximate surface area is 203 Å². The van der Waals surface area contributed by atoms with Gasteiger partial charge in [0.05, 0.1) is 28.5 Å². The Kier molecular flexibility index (Phi) is 5.75. The van der Waals surface area contributed by atoms with Gasteiger partial charge < -0.3 is 9.84 Å². The number of amides is 2. The number of ether oxygens (including phenoxy) is 1. The van der Waals surface area contributed by atoms with Crippen molar-refractivity contribution in [3.05, 3.63) is 82.6 Å². The maximum Gasteiger partial charge on any atom is 0.266 e. The Morgan fingerprint density at radius 1 is 1.03 bits per heavy atom. The molecule has 2 amide bonds. The number of fused-ring (bicyclic) bond motifs is 1. The highest BCUT2D eigenvalue weighted by molar-refractivity contribution is 9.10. The van der Waals surface area contributed by atoms with Gasteiger partial charge in [0.2, 0.25) is 5.91 Å². The number of phenolic OH excluding ortho intramolecular Hbond substituents is 1. The third-order valence-electron chi connectivity index (χ3n) is 5.90. The highest BCUT2D eigenvalue weighted by Crippen LogP contribution is 2.49. The third kappa shape index (κ3) is 3.61. The number of halogens is 2. The van der Waals surface area contributed by atoms with E-state index < -0.39 is 35.7 Å². The van der Waals surface area contributed by atoms with Gasteiger partial charge in [0.1, 0.15) is 11.7 Å². The highest BCUT2D eigenvalue weighted by Gasteiger charge is 2.60. The predicted octanol–water partition coefficient (Wildman–Crippen LogP) is 4.74. The lowest BCUT2D eigenvalue weighted by atomic mass is 9.90. The molecule has 2 heterocycles. The van der Waals surface area contributed by atoms with E-state index in [0.717, 1.165) is 4.90 Å². The topological polar surface area (TPSA) is 79.3 Å². The molecule has 9 heteroatoms. The fourth-order valence-electron chi connectivity index (χ4n) is 4.43. The second-order valence-electron chi connectivity index (χ2n) is 7.93. The number of aromatic hydroxyl groups is 1. The van der Waals surface area contributed by atoms with Crippen LogP contribution in [0.4, 0.5) is 15.8 Å². The average molecular weight is 527 g/mol. The zero-order chi connectivity index (χ0) is 24.0. The van der Waals surface area contributed by atoms with E-state index in [2.05, 4.69) is 15.9 Å². The molecule has 2 fully saturated rings. The van der Waals surface area contributed by atoms with E-state index in [4.69, 9.17) is 9.57 Å². The lowest BCUT2D eigenvalue weighted by Gasteiger charge is -2.29. The number of phenols is 1. The molecule has 0 aromatic heterocycles. The molecule has 5 rings (SSSR count). The van der Waals surface area contributed by atoms with Crippen molar-refractivity contribution in [3.8, 4) is 11.5 Å². The van der Waals surface area contributed by atoms with Gasteiger partial charge >= 0.3 is 0 Å². The van der Waals surface area contributed by atoms with Gasteiger partial charge in [0.15, 0.2) is 17.6 Å². The molecule has 2 aliphatic rings. The SMILES string of the molecule is CCOc1cc([C@@H]2[C@H]3C(=O)N(c4ccc(F)cc4)C(=O)[C@@H]3ON2c2ccccc2)cc(Br)c1O. The van der Waals surface area contributed by atoms with Gasteiger partial charge in [-0.2, -0.15) is 0 Å². The molecule has 174 valence electrons. The summed E-state index contributed by atoms with van der Waals surface area (Å²) in [6, 6.07) is 17.0. The molecule has 34 heavy (non-hydrogen) atoms. The van der Waals surface area contributed by atoms with Crippen molar-refractivity contribution in [2.24, 2.45) is 5.92 Å². The van der Waals surface area contributed by atoms with Crippen LogP contribution in [0.5, 0.6) is 11.5 Å². The average Bonchev–Trinajstić information content (AvgIpc) is 3.34. The molecule has 2 aliphatic heterocycles. The van der Waals surface area contributed by atoms with Crippen molar-refractivity contribution >= 4 is 39.1 Å². The van der Waals surface area contributed by atoms with Crippen LogP contribution in [0.25, 0.3) is 0 Å². The molecular weight excluding hydrogens is 507 g/mol. The highest BCUT2D eigenvalue weighted by atomic mass is 79.9. The standard InChI is InChI=1S/C25H20BrFN2O5/c1-2-33-19-13-14(12-18(26)22(19)30)21-20-23(34-29(21)17-6-4-3-5-7-17)25(32)28(24(20)31)16-10-8-15(27)9-11-16/h3-13,20-21,23,30H,2H2,1H3/t20-,21-,23-/m1/s1. The van der Waals surface area contributed by atoms with E-state index in [1.807, 2.05) is 30.3 Å². The number of hydroxylamine groups is 1. The molecule has 0 radical (unpaired) electrons. The van der Waals surface area contributed by atoms with Crippen LogP contribution in [0.2, 0.25) is 0 Å². The second kappa shape index (κ2) is 8.73. The molecule has 0 aliphatic carbocycles. The van der Waals surface area contributed by atoms with Crippen LogP contribution in [-0.2, 0) is 14.4 Å². The predicted molar refractivity (Wildman–Crippen MR) is 126 cm³/mol. The number of benzene rings is 3. The largest absolute Gasteiger partial charge is 0.503 e. The van der Waals surface area contributed by atoms with Gasteiger partial charge in [-0.05, 0) is 76.9 Å². The van der Waals surface area contributed by atoms with Crippen molar-refractivity contribution in [1.29, 1.82) is 0 Å². The van der Waals surface area contributed by atoms with E-state index in [1.54, 1.807) is 24.1 Å². The number of nitrogens with zero attached hydrogens (tertiary/aromatic N) is 2. The van der Waals surface area contributed by atoms with Gasteiger partial charge in [-0.1, -0.05) is 18.2 Å². The summed E-state index contributed by atoms with van der Waals surface area (Å²) in [4.78, 5) is 34.1. The number of imide groups is 1. The molecule has 2 saturated heterocycles. The van der Waals surface area contributed by atoms with Gasteiger partial charge in [-0.3, -0.25) is 14.4 Å². The van der Waals surface area contributed by atoms with Crippen molar-refractivity contribution in [1.82, 2.24) is 0 Å². The number of hydrogen-bond donors (Lipinski definition) is 1. The van der Waals surface area contributed by atoms with Crippen molar-refractivity contribution < 1.29 is 28.7 Å². The number of hydrogen-bond acceptors (Lipinski definition) is 6. The normalized spacial score (nSPS) is 21.8. The van der Waals surface area contributed by atoms with E-state index in [-0.39, 0.29) is 17.2 Å². The first-order valence-electron chi connectivity index (χ1n) is 10.7. The molecule has 0 bridgehead atoms. The summed E-state index contributed by atoms with van der Waals surface area (Å²) in [5, 5.41) is 12.0. The Balaban J connectivity index is 1.62. The van der Waals surface area contributed by atoms with E-state index in [1.165, 1.54) is 24.3 Å². The van der Waals surface area contributed by atoms with E-state index in [9.17, 15) is 19.1 Å². The minimum Gasteiger partial charge on any atom is -0.503 e. The van der Waals surface area contributed by atoms with Gasteiger partial charge in [-0.25, -0.2) is 14.4 Å². The van der Waals surface area contributed by atoms with Crippen LogP contribution < -0.4 is 14.7 Å². The summed E-state index contributed by atoms with van der Waals surface area (Å²) in [5.41, 5.74) is 1.56. The molecule has 3 aromatic carbocycles. The Bertz CT molecular complexity index is 1250. The van der Waals surface area contributed by atoms with Crippen molar-refractivity contribution in [2.75, 3.05) is 16.6 Å². The Hall–Kier alpha value is -3.43. The summed E-state index contributed by atoms with van der Waals surface area (Å²) in [5.74, 6) is -2.13. The number of carbonyl (C=O) groups is 2. The van der Waals surface area contributed by atoms with Crippen LogP contribution >= 0.6 is 15.9 Å². The summed E-state index contributed by atoms with van der Waals surface area (Å²) < 4.78 is 19.4. The maximum atomic E-state index is 13.6. The van der Waals surface area contributed by atoms with Gasteiger partial charge in [0, 0.05) is 0 Å². The van der Waals surface area contributed by atoms with Gasteiger partial charge in [0.25, 0.3) is 5.91 Å². The Morgan fingerprint density at radius 2 is 1.74 bits per heavy atom. The van der Waals surface area contributed by atoms with Crippen molar-refractivity contribution in [2.45, 2.75) is 19.1 Å². The molecular formula is C25H20BrFN2O5. The number of rotatable bonds is 5. The summed E-state index contributed by atoms with van der Waals surface area (Å²) in [7, 11) is 0. The molecule has 1 N–H and O–H groups in total. The summed E-state index contributed by atoms with van der Waals surface area (Å²) >= 11 is 3.36. The monoisotopic (exact) mass is 526 g/mol. The quantitative estimate of drug-likeness (QED) is 0.483. The smallest absolute Gasteiger partial charge is 0.266 e. The summed E-state index contributed by atoms with van der Waals surface area (Å²) in [6.45, 7) is 2.12. The summed E-state index contributed by atoms with van der Waals surface area (Å²) in [6.07, 6.45) is -1.06. The molecule has 3 atom stereocenters. The lowest BCUT2D eigenvalue weighted by Crippen LogP contribution is -2.37. The Morgan fingerprint density at radius 3 is 2.41 bits per heavy atom. The van der Waals surface area contributed by atoms with Crippen LogP contribution in [-0.4, -0.2) is 29.6 Å². The van der Waals surface area contributed by atoms with Crippen LogP contribution in [0.15, 0.2) is 71.2 Å². The minimum absolute atomic E-state index is 0.0610. The third-order valence-corrected chi connectivity index (χ3v) is 6.51. The second-order valence-corrected chi connectivity index (χ2v) is 8.78. The zero-order valence-electron chi connectivity index (χ0n) is 18.0. The zero-order valence-corrected chi connectivity index (χ0v) is 19.6. The van der Waals surface area contributed by atoms with Crippen LogP contribution in [0.1, 0.15) is 18.5 Å². The molecule has 0 saturated carbocycles. The molecule has 7 nitrogen and oxygen atoms in total. The van der Waals surface area contributed by atoms with Crippen LogP contribution in [0.3, 0.4) is 0 Å². The van der Waals surface area contributed by atoms with E-state index in [0.29, 0.717) is 22.3 Å².